The molecular formula is C15H21NO4. The van der Waals surface area contributed by atoms with Gasteiger partial charge in [0.1, 0.15) is 0 Å². The zero-order valence-corrected chi connectivity index (χ0v) is 11.8. The third-order valence-electron chi connectivity index (χ3n) is 3.04. The highest BCUT2D eigenvalue weighted by molar-refractivity contribution is 5.88. The van der Waals surface area contributed by atoms with E-state index in [1.165, 1.54) is 7.11 Å². The van der Waals surface area contributed by atoms with Crippen molar-refractivity contribution < 1.29 is 19.4 Å². The summed E-state index contributed by atoms with van der Waals surface area (Å²) in [4.78, 5) is 23.3. The molecule has 0 saturated heterocycles. The Morgan fingerprint density at radius 2 is 1.95 bits per heavy atom. The van der Waals surface area contributed by atoms with Crippen LogP contribution in [0.2, 0.25) is 0 Å². The molecule has 110 valence electrons. The molecule has 2 N–H and O–H groups in total. The molecule has 1 rings (SSSR count). The van der Waals surface area contributed by atoms with Crippen LogP contribution >= 0.6 is 0 Å². The molecule has 0 fully saturated rings. The van der Waals surface area contributed by atoms with Crippen LogP contribution in [0.4, 0.5) is 0 Å². The van der Waals surface area contributed by atoms with E-state index in [1.807, 2.05) is 37.3 Å². The van der Waals surface area contributed by atoms with E-state index in [2.05, 4.69) is 5.32 Å². The summed E-state index contributed by atoms with van der Waals surface area (Å²) >= 11 is 0. The zero-order chi connectivity index (χ0) is 15.0. The lowest BCUT2D eigenvalue weighted by molar-refractivity contribution is -0.143. The van der Waals surface area contributed by atoms with Crippen molar-refractivity contribution in [1.29, 1.82) is 0 Å². The summed E-state index contributed by atoms with van der Waals surface area (Å²) in [6, 6.07) is 8.37. The molecule has 1 amide bonds. The lowest BCUT2D eigenvalue weighted by Crippen LogP contribution is -2.45. The highest BCUT2D eigenvalue weighted by Gasteiger charge is 2.25. The number of hydrogen-bond acceptors (Lipinski definition) is 3. The van der Waals surface area contributed by atoms with E-state index >= 15 is 0 Å². The summed E-state index contributed by atoms with van der Waals surface area (Å²) in [7, 11) is 1.41. The highest BCUT2D eigenvalue weighted by Crippen LogP contribution is 2.21. The van der Waals surface area contributed by atoms with Crippen LogP contribution in [-0.4, -0.2) is 36.7 Å². The van der Waals surface area contributed by atoms with E-state index in [4.69, 9.17) is 9.84 Å². The van der Waals surface area contributed by atoms with Crippen molar-refractivity contribution in [2.24, 2.45) is 0 Å². The Balaban J connectivity index is 2.81. The second-order valence-electron chi connectivity index (χ2n) is 4.61. The van der Waals surface area contributed by atoms with Crippen LogP contribution in [0.5, 0.6) is 0 Å². The van der Waals surface area contributed by atoms with Crippen molar-refractivity contribution in [2.75, 3.05) is 13.7 Å². The van der Waals surface area contributed by atoms with Gasteiger partial charge in [-0.3, -0.25) is 4.79 Å². The van der Waals surface area contributed by atoms with E-state index in [1.54, 1.807) is 0 Å². The smallest absolute Gasteiger partial charge is 0.328 e. The van der Waals surface area contributed by atoms with Crippen molar-refractivity contribution in [1.82, 2.24) is 5.32 Å². The predicted molar refractivity (Wildman–Crippen MR) is 75.5 cm³/mol. The molecule has 0 aliphatic rings. The largest absolute Gasteiger partial charge is 0.480 e. The number of ether oxygens (including phenoxy) is 1. The normalized spacial score (nSPS) is 13.5. The summed E-state index contributed by atoms with van der Waals surface area (Å²) in [5.41, 5.74) is 0.897. The molecule has 0 aliphatic heterocycles. The number of carbonyl (C=O) groups is 2. The van der Waals surface area contributed by atoms with Crippen LogP contribution in [0.15, 0.2) is 30.3 Å². The van der Waals surface area contributed by atoms with Crippen LogP contribution in [-0.2, 0) is 14.3 Å². The number of carboxylic acid groups (broad SMARTS) is 1. The molecular weight excluding hydrogens is 258 g/mol. The molecule has 2 unspecified atom stereocenters. The van der Waals surface area contributed by atoms with E-state index in [-0.39, 0.29) is 18.4 Å². The predicted octanol–water partition coefficient (Wildman–Crippen LogP) is 1.79. The Bertz CT molecular complexity index is 433. The standard InChI is InChI=1S/C15H21NO4/c1-3-7-12(11-8-5-4-6-9-11)14(17)16-13(10-20-2)15(18)19/h4-6,8-9,12-13H,3,7,10H2,1-2H3,(H,16,17)(H,18,19). The quantitative estimate of drug-likeness (QED) is 0.760. The molecule has 1 aromatic carbocycles. The molecule has 0 spiro atoms. The molecule has 1 aromatic rings. The lowest BCUT2D eigenvalue weighted by atomic mass is 9.93. The fraction of sp³-hybridized carbons (Fsp3) is 0.467. The van der Waals surface area contributed by atoms with Gasteiger partial charge in [0.05, 0.1) is 12.5 Å². The van der Waals surface area contributed by atoms with Crippen molar-refractivity contribution in [3.63, 3.8) is 0 Å². The summed E-state index contributed by atoms with van der Waals surface area (Å²) in [5, 5.41) is 11.6. The molecule has 0 bridgehead atoms. The van der Waals surface area contributed by atoms with Gasteiger partial charge in [0, 0.05) is 7.11 Å². The first kappa shape index (κ1) is 16.2. The maximum Gasteiger partial charge on any atom is 0.328 e. The SMILES string of the molecule is CCCC(C(=O)NC(COC)C(=O)O)c1ccccc1. The first-order valence-corrected chi connectivity index (χ1v) is 6.67. The number of methoxy groups -OCH3 is 1. The number of rotatable bonds is 8. The van der Waals surface area contributed by atoms with Crippen LogP contribution < -0.4 is 5.32 Å². The first-order valence-electron chi connectivity index (χ1n) is 6.67. The average Bonchev–Trinajstić information content (AvgIpc) is 2.45. The van der Waals surface area contributed by atoms with Gasteiger partial charge in [0.2, 0.25) is 5.91 Å². The number of aliphatic carboxylic acids is 1. The molecule has 0 saturated carbocycles. The molecule has 2 atom stereocenters. The van der Waals surface area contributed by atoms with Crippen molar-refractivity contribution in [2.45, 2.75) is 31.7 Å². The van der Waals surface area contributed by atoms with Gasteiger partial charge < -0.3 is 15.2 Å². The van der Waals surface area contributed by atoms with Gasteiger partial charge in [-0.2, -0.15) is 0 Å². The van der Waals surface area contributed by atoms with Gasteiger partial charge in [0.15, 0.2) is 6.04 Å². The zero-order valence-electron chi connectivity index (χ0n) is 11.8. The number of carboxylic acids is 1. The number of hydrogen-bond donors (Lipinski definition) is 2. The number of benzene rings is 1. The minimum atomic E-state index is -1.09. The molecule has 0 aliphatic carbocycles. The summed E-state index contributed by atoms with van der Waals surface area (Å²) in [6.45, 7) is 1.95. The van der Waals surface area contributed by atoms with Crippen LogP contribution in [0.25, 0.3) is 0 Å². The third kappa shape index (κ3) is 4.66. The fourth-order valence-corrected chi connectivity index (χ4v) is 2.04. The van der Waals surface area contributed by atoms with Gasteiger partial charge in [0.25, 0.3) is 0 Å². The Morgan fingerprint density at radius 3 is 2.45 bits per heavy atom. The van der Waals surface area contributed by atoms with Gasteiger partial charge in [-0.05, 0) is 12.0 Å². The molecule has 0 heterocycles. The number of amides is 1. The van der Waals surface area contributed by atoms with Crippen molar-refractivity contribution in [3.05, 3.63) is 35.9 Å². The van der Waals surface area contributed by atoms with Crippen LogP contribution in [0.3, 0.4) is 0 Å². The van der Waals surface area contributed by atoms with E-state index < -0.39 is 12.0 Å². The Morgan fingerprint density at radius 1 is 1.30 bits per heavy atom. The monoisotopic (exact) mass is 279 g/mol. The number of carbonyl (C=O) groups excluding carboxylic acids is 1. The van der Waals surface area contributed by atoms with Gasteiger partial charge in [-0.25, -0.2) is 4.79 Å². The Kier molecular flexibility index (Phi) is 6.73. The fourth-order valence-electron chi connectivity index (χ4n) is 2.04. The molecule has 0 radical (unpaired) electrons. The molecule has 5 heteroatoms. The second kappa shape index (κ2) is 8.32. The maximum absolute atomic E-state index is 12.3. The summed E-state index contributed by atoms with van der Waals surface area (Å²) < 4.78 is 4.82. The minimum absolute atomic E-state index is 0.0469. The summed E-state index contributed by atoms with van der Waals surface area (Å²) in [6.07, 6.45) is 1.52. The minimum Gasteiger partial charge on any atom is -0.480 e. The van der Waals surface area contributed by atoms with Crippen LogP contribution in [0.1, 0.15) is 31.2 Å². The van der Waals surface area contributed by atoms with Gasteiger partial charge in [-0.15, -0.1) is 0 Å². The van der Waals surface area contributed by atoms with Crippen molar-refractivity contribution in [3.8, 4) is 0 Å². The second-order valence-corrected chi connectivity index (χ2v) is 4.61. The Hall–Kier alpha value is -1.88. The van der Waals surface area contributed by atoms with E-state index in [0.717, 1.165) is 12.0 Å². The van der Waals surface area contributed by atoms with E-state index in [0.29, 0.717) is 6.42 Å². The maximum atomic E-state index is 12.3. The highest BCUT2D eigenvalue weighted by atomic mass is 16.5. The van der Waals surface area contributed by atoms with Gasteiger partial charge >= 0.3 is 5.97 Å². The van der Waals surface area contributed by atoms with Crippen LogP contribution in [0, 0.1) is 0 Å². The first-order chi connectivity index (χ1) is 9.60. The van der Waals surface area contributed by atoms with Crippen molar-refractivity contribution >= 4 is 11.9 Å². The molecule has 5 nitrogen and oxygen atoms in total. The lowest BCUT2D eigenvalue weighted by Gasteiger charge is -2.20. The molecule has 20 heavy (non-hydrogen) atoms. The van der Waals surface area contributed by atoms with E-state index in [9.17, 15) is 9.59 Å². The summed E-state index contributed by atoms with van der Waals surface area (Å²) in [5.74, 6) is -1.70. The average molecular weight is 279 g/mol. The topological polar surface area (TPSA) is 75.6 Å². The molecule has 0 aromatic heterocycles. The Labute approximate surface area is 118 Å². The third-order valence-corrected chi connectivity index (χ3v) is 3.04. The van der Waals surface area contributed by atoms with Gasteiger partial charge in [-0.1, -0.05) is 43.7 Å². The number of nitrogens with one attached hydrogen (secondary N) is 1.